The Hall–Kier alpha value is -3.19. The smallest absolute Gasteiger partial charge is 0.326 e. The standard InChI is InChI=1S/C22H22N2O5/c1-22(21(27)29-3)17-16(18(23-22)14-11-7-8-12-15(14)28-2)19(25)24(20(17)26)13-9-5-4-6-10-13/h4-12,16-18,23H,1-3H3/t16-,17+,18-,22-/m1/s1. The van der Waals surface area contributed by atoms with Gasteiger partial charge in [0, 0.05) is 11.6 Å². The molecule has 29 heavy (non-hydrogen) atoms. The van der Waals surface area contributed by atoms with E-state index in [4.69, 9.17) is 9.47 Å². The van der Waals surface area contributed by atoms with Gasteiger partial charge in [-0.05, 0) is 25.1 Å². The van der Waals surface area contributed by atoms with E-state index in [-0.39, 0.29) is 5.91 Å². The van der Waals surface area contributed by atoms with Crippen LogP contribution < -0.4 is 15.0 Å². The molecule has 150 valence electrons. The number of nitrogens with zero attached hydrogens (tertiary/aromatic N) is 1. The molecule has 2 aliphatic rings. The number of rotatable bonds is 4. The summed E-state index contributed by atoms with van der Waals surface area (Å²) < 4.78 is 10.5. The number of hydrogen-bond donors (Lipinski definition) is 1. The maximum Gasteiger partial charge on any atom is 0.326 e. The first-order valence-electron chi connectivity index (χ1n) is 9.36. The topological polar surface area (TPSA) is 84.9 Å². The Balaban J connectivity index is 1.86. The van der Waals surface area contributed by atoms with E-state index in [1.54, 1.807) is 44.4 Å². The van der Waals surface area contributed by atoms with E-state index >= 15 is 0 Å². The first-order valence-corrected chi connectivity index (χ1v) is 9.36. The van der Waals surface area contributed by atoms with Crippen molar-refractivity contribution < 1.29 is 23.9 Å². The summed E-state index contributed by atoms with van der Waals surface area (Å²) in [4.78, 5) is 40.7. The van der Waals surface area contributed by atoms with Crippen LogP contribution in [0.3, 0.4) is 0 Å². The Morgan fingerprint density at radius 2 is 1.66 bits per heavy atom. The van der Waals surface area contributed by atoms with E-state index in [0.29, 0.717) is 17.0 Å². The van der Waals surface area contributed by atoms with Crippen molar-refractivity contribution >= 4 is 23.5 Å². The highest BCUT2D eigenvalue weighted by Gasteiger charge is 2.67. The van der Waals surface area contributed by atoms with Gasteiger partial charge in [0.1, 0.15) is 11.3 Å². The summed E-state index contributed by atoms with van der Waals surface area (Å²) >= 11 is 0. The summed E-state index contributed by atoms with van der Waals surface area (Å²) in [6.07, 6.45) is 0. The largest absolute Gasteiger partial charge is 0.496 e. The number of ether oxygens (including phenoxy) is 2. The zero-order chi connectivity index (χ0) is 20.8. The van der Waals surface area contributed by atoms with Gasteiger partial charge in [-0.1, -0.05) is 36.4 Å². The lowest BCUT2D eigenvalue weighted by molar-refractivity contribution is -0.151. The number of hydrogen-bond acceptors (Lipinski definition) is 6. The first-order chi connectivity index (χ1) is 13.9. The molecule has 0 bridgehead atoms. The van der Waals surface area contributed by atoms with Crippen molar-refractivity contribution in [3.05, 3.63) is 60.2 Å². The van der Waals surface area contributed by atoms with Crippen LogP contribution in [-0.4, -0.2) is 37.5 Å². The molecule has 7 nitrogen and oxygen atoms in total. The SMILES string of the molecule is COC(=O)[C@]1(C)N[C@H](c2ccccc2OC)[C@@H]2C(=O)N(c3ccccc3)C(=O)[C@H]21. The van der Waals surface area contributed by atoms with Crippen molar-refractivity contribution in [1.29, 1.82) is 0 Å². The molecule has 4 atom stereocenters. The number of imide groups is 1. The Bertz CT molecular complexity index is 976. The Morgan fingerprint density at radius 1 is 1.00 bits per heavy atom. The van der Waals surface area contributed by atoms with Crippen molar-refractivity contribution in [2.24, 2.45) is 11.8 Å². The van der Waals surface area contributed by atoms with Gasteiger partial charge in [-0.3, -0.25) is 19.7 Å². The lowest BCUT2D eigenvalue weighted by atomic mass is 9.80. The lowest BCUT2D eigenvalue weighted by Gasteiger charge is -2.29. The molecule has 4 rings (SSSR count). The van der Waals surface area contributed by atoms with E-state index in [0.717, 1.165) is 0 Å². The van der Waals surface area contributed by atoms with Crippen LogP contribution in [0.15, 0.2) is 54.6 Å². The monoisotopic (exact) mass is 394 g/mol. The van der Waals surface area contributed by atoms with Crippen LogP contribution in [-0.2, 0) is 19.1 Å². The summed E-state index contributed by atoms with van der Waals surface area (Å²) in [6.45, 7) is 1.62. The number of para-hydroxylation sites is 2. The molecule has 0 aromatic heterocycles. The minimum absolute atomic E-state index is 0.345. The molecular weight excluding hydrogens is 372 g/mol. The maximum atomic E-state index is 13.5. The molecule has 7 heteroatoms. The number of anilines is 1. The quantitative estimate of drug-likeness (QED) is 0.631. The second-order valence-electron chi connectivity index (χ2n) is 7.41. The van der Waals surface area contributed by atoms with E-state index in [9.17, 15) is 14.4 Å². The van der Waals surface area contributed by atoms with Crippen LogP contribution in [0, 0.1) is 11.8 Å². The number of amides is 2. The molecule has 2 fully saturated rings. The number of carbonyl (C=O) groups is 3. The summed E-state index contributed by atoms with van der Waals surface area (Å²) in [7, 11) is 2.82. The highest BCUT2D eigenvalue weighted by Crippen LogP contribution is 2.51. The third-order valence-electron chi connectivity index (χ3n) is 5.89. The average molecular weight is 394 g/mol. The van der Waals surface area contributed by atoms with Crippen LogP contribution in [0.2, 0.25) is 0 Å². The van der Waals surface area contributed by atoms with Gasteiger partial charge in [-0.25, -0.2) is 4.90 Å². The fourth-order valence-corrected chi connectivity index (χ4v) is 4.56. The minimum Gasteiger partial charge on any atom is -0.496 e. The van der Waals surface area contributed by atoms with E-state index < -0.39 is 35.3 Å². The molecule has 2 aromatic rings. The van der Waals surface area contributed by atoms with Crippen LogP contribution in [0.1, 0.15) is 18.5 Å². The van der Waals surface area contributed by atoms with E-state index in [1.807, 2.05) is 24.3 Å². The third-order valence-corrected chi connectivity index (χ3v) is 5.89. The summed E-state index contributed by atoms with van der Waals surface area (Å²) in [5.74, 6) is -2.41. The predicted molar refractivity (Wildman–Crippen MR) is 105 cm³/mol. The van der Waals surface area contributed by atoms with E-state index in [1.165, 1.54) is 12.0 Å². The maximum absolute atomic E-state index is 13.5. The second-order valence-corrected chi connectivity index (χ2v) is 7.41. The summed E-state index contributed by atoms with van der Waals surface area (Å²) in [6, 6.07) is 15.5. The summed E-state index contributed by atoms with van der Waals surface area (Å²) in [5, 5.41) is 3.22. The molecule has 2 saturated heterocycles. The van der Waals surface area contributed by atoms with Crippen LogP contribution in [0.4, 0.5) is 5.69 Å². The van der Waals surface area contributed by atoms with Crippen molar-refractivity contribution in [2.75, 3.05) is 19.1 Å². The average Bonchev–Trinajstić information content (AvgIpc) is 3.21. The molecule has 0 radical (unpaired) electrons. The number of methoxy groups -OCH3 is 2. The molecule has 2 aliphatic heterocycles. The molecule has 0 spiro atoms. The van der Waals surface area contributed by atoms with Crippen LogP contribution in [0.25, 0.3) is 0 Å². The van der Waals surface area contributed by atoms with Crippen molar-refractivity contribution in [3.63, 3.8) is 0 Å². The number of nitrogens with one attached hydrogen (secondary N) is 1. The highest BCUT2D eigenvalue weighted by atomic mass is 16.5. The van der Waals surface area contributed by atoms with E-state index in [2.05, 4.69) is 5.32 Å². The van der Waals surface area contributed by atoms with Crippen molar-refractivity contribution in [1.82, 2.24) is 5.32 Å². The highest BCUT2D eigenvalue weighted by molar-refractivity contribution is 6.24. The third kappa shape index (κ3) is 2.73. The molecule has 0 saturated carbocycles. The van der Waals surface area contributed by atoms with Gasteiger partial charge in [-0.15, -0.1) is 0 Å². The van der Waals surface area contributed by atoms with Gasteiger partial charge < -0.3 is 9.47 Å². The molecule has 2 aromatic carbocycles. The van der Waals surface area contributed by atoms with Crippen molar-refractivity contribution in [3.8, 4) is 5.75 Å². The fraction of sp³-hybridized carbons (Fsp3) is 0.318. The number of benzene rings is 2. The molecule has 2 amide bonds. The molecular formula is C22H22N2O5. The Morgan fingerprint density at radius 3 is 2.31 bits per heavy atom. The van der Waals surface area contributed by atoms with Gasteiger partial charge in [0.2, 0.25) is 11.8 Å². The van der Waals surface area contributed by atoms with Gasteiger partial charge in [0.25, 0.3) is 0 Å². The zero-order valence-electron chi connectivity index (χ0n) is 16.4. The molecule has 0 aliphatic carbocycles. The fourth-order valence-electron chi connectivity index (χ4n) is 4.56. The zero-order valence-corrected chi connectivity index (χ0v) is 16.4. The second kappa shape index (κ2) is 7.00. The predicted octanol–water partition coefficient (Wildman–Crippen LogP) is 2.08. The number of carbonyl (C=O) groups excluding carboxylic acids is 3. The first kappa shape index (κ1) is 19.1. The number of fused-ring (bicyclic) bond motifs is 1. The lowest BCUT2D eigenvalue weighted by Crippen LogP contribution is -2.54. The molecule has 2 heterocycles. The normalized spacial score (nSPS) is 28.4. The van der Waals surface area contributed by atoms with Crippen molar-refractivity contribution in [2.45, 2.75) is 18.5 Å². The molecule has 1 N–H and O–H groups in total. The number of esters is 1. The van der Waals surface area contributed by atoms with Gasteiger partial charge in [0.05, 0.1) is 31.7 Å². The minimum atomic E-state index is -1.35. The van der Waals surface area contributed by atoms with Crippen LogP contribution in [0.5, 0.6) is 5.75 Å². The van der Waals surface area contributed by atoms with Gasteiger partial charge >= 0.3 is 5.97 Å². The van der Waals surface area contributed by atoms with Gasteiger partial charge in [0.15, 0.2) is 0 Å². The summed E-state index contributed by atoms with van der Waals surface area (Å²) in [5.41, 5.74) is -0.141. The Kier molecular flexibility index (Phi) is 4.62. The van der Waals surface area contributed by atoms with Gasteiger partial charge in [-0.2, -0.15) is 0 Å². The molecule has 0 unspecified atom stereocenters. The Labute approximate surface area is 168 Å². The van der Waals surface area contributed by atoms with Crippen LogP contribution >= 0.6 is 0 Å².